The summed E-state index contributed by atoms with van der Waals surface area (Å²) in [4.78, 5) is 42.1. The van der Waals surface area contributed by atoms with Crippen LogP contribution >= 0.6 is 0 Å². The minimum Gasteiger partial charge on any atom is -0.478 e. The van der Waals surface area contributed by atoms with Gasteiger partial charge in [0.25, 0.3) is 11.8 Å². The lowest BCUT2D eigenvalue weighted by Gasteiger charge is -2.15. The van der Waals surface area contributed by atoms with E-state index in [4.69, 9.17) is 0 Å². The Morgan fingerprint density at radius 2 is 1.87 bits per heavy atom. The van der Waals surface area contributed by atoms with Gasteiger partial charge in [-0.15, -0.1) is 0 Å². The number of aryl methyl sites for hydroxylation is 2. The van der Waals surface area contributed by atoms with Gasteiger partial charge in [0, 0.05) is 24.5 Å². The van der Waals surface area contributed by atoms with Crippen molar-refractivity contribution in [3.05, 3.63) is 105 Å². The molecular formula is C28H28FN5O4. The van der Waals surface area contributed by atoms with Gasteiger partial charge in [-0.25, -0.2) is 14.2 Å². The predicted octanol–water partition coefficient (Wildman–Crippen LogP) is 4.04. The van der Waals surface area contributed by atoms with Crippen LogP contribution in [0.25, 0.3) is 0 Å². The summed E-state index contributed by atoms with van der Waals surface area (Å²) in [5.74, 6) is -2.32. The molecular weight excluding hydrogens is 489 g/mol. The second-order valence-electron chi connectivity index (χ2n) is 9.20. The highest BCUT2D eigenvalue weighted by atomic mass is 19.1. The molecule has 0 radical (unpaired) electrons. The number of H-pyrrole nitrogens is 1. The fourth-order valence-electron chi connectivity index (χ4n) is 4.50. The normalized spacial score (nSPS) is 13.8. The Morgan fingerprint density at radius 3 is 2.61 bits per heavy atom. The van der Waals surface area contributed by atoms with Crippen molar-refractivity contribution >= 4 is 17.8 Å². The van der Waals surface area contributed by atoms with Crippen molar-refractivity contribution in [1.29, 1.82) is 0 Å². The third kappa shape index (κ3) is 5.86. The lowest BCUT2D eigenvalue weighted by Crippen LogP contribution is -2.29. The van der Waals surface area contributed by atoms with Crippen molar-refractivity contribution in [1.82, 2.24) is 25.8 Å². The van der Waals surface area contributed by atoms with E-state index in [2.05, 4.69) is 25.8 Å². The van der Waals surface area contributed by atoms with Crippen molar-refractivity contribution in [2.45, 2.75) is 46.2 Å². The molecule has 0 saturated carbocycles. The standard InChI is InChI=1S/C28H28FN5O4/c1-15-12-18(4-8-22(15)29)14-30-26(35)24-13-25(34-31-11-10-16(2)32-24)27(36)33-23-9-7-19-17(3)20(28(37)38)5-6-21(19)23/h4-6,8,10-13,23,34H,7,9,14H2,1-3H3,(H,30,35)(H,33,36)(H,37,38)/t23-/m0/s1. The molecule has 4 N–H and O–H groups in total. The number of aromatic nitrogens is 3. The number of carboxylic acids is 1. The Hall–Kier alpha value is -4.60. The Bertz CT molecular complexity index is 1480. The minimum atomic E-state index is -0.987. The Labute approximate surface area is 218 Å². The van der Waals surface area contributed by atoms with Crippen molar-refractivity contribution < 1.29 is 23.9 Å². The summed E-state index contributed by atoms with van der Waals surface area (Å²) in [5.41, 5.74) is 4.44. The van der Waals surface area contributed by atoms with Gasteiger partial charge >= 0.3 is 5.97 Å². The van der Waals surface area contributed by atoms with Crippen LogP contribution in [0.1, 0.15) is 77.3 Å². The molecule has 0 bridgehead atoms. The van der Waals surface area contributed by atoms with Crippen LogP contribution in [0.2, 0.25) is 0 Å². The number of hydrogen-bond donors (Lipinski definition) is 4. The molecule has 1 aliphatic carbocycles. The molecule has 0 aliphatic heterocycles. The van der Waals surface area contributed by atoms with E-state index in [1.807, 2.05) is 0 Å². The molecule has 9 nitrogen and oxygen atoms in total. The topological polar surface area (TPSA) is 137 Å². The number of amides is 2. The number of carbonyl (C=O) groups is 3. The maximum Gasteiger partial charge on any atom is 0.335 e. The van der Waals surface area contributed by atoms with Gasteiger partial charge in [-0.3, -0.25) is 14.7 Å². The number of nitrogens with zero attached hydrogens (tertiary/aromatic N) is 2. The summed E-state index contributed by atoms with van der Waals surface area (Å²) >= 11 is 0. The van der Waals surface area contributed by atoms with Crippen LogP contribution in [0, 0.1) is 26.6 Å². The monoisotopic (exact) mass is 517 g/mol. The zero-order chi connectivity index (χ0) is 27.4. The van der Waals surface area contributed by atoms with E-state index in [0.717, 1.165) is 16.7 Å². The number of hydrogen-bond acceptors (Lipinski definition) is 5. The van der Waals surface area contributed by atoms with Crippen LogP contribution < -0.4 is 10.6 Å². The first-order valence-corrected chi connectivity index (χ1v) is 12.1. The number of aromatic amines is 1. The molecule has 1 atom stereocenters. The van der Waals surface area contributed by atoms with Gasteiger partial charge in [-0.2, -0.15) is 5.10 Å². The Balaban J connectivity index is 1.58. The van der Waals surface area contributed by atoms with Crippen LogP contribution in [0.3, 0.4) is 0 Å². The zero-order valence-corrected chi connectivity index (χ0v) is 21.3. The fraction of sp³-hybridized carbons (Fsp3) is 0.250. The van der Waals surface area contributed by atoms with E-state index < -0.39 is 17.8 Å². The number of rotatable bonds is 6. The predicted molar refractivity (Wildman–Crippen MR) is 138 cm³/mol. The minimum absolute atomic E-state index is 0.00509. The number of aromatic carboxylic acids is 1. The zero-order valence-electron chi connectivity index (χ0n) is 21.3. The summed E-state index contributed by atoms with van der Waals surface area (Å²) < 4.78 is 13.6. The quantitative estimate of drug-likeness (QED) is 0.390. The van der Waals surface area contributed by atoms with E-state index in [1.54, 1.807) is 51.1 Å². The van der Waals surface area contributed by atoms with Crippen LogP contribution in [-0.2, 0) is 13.0 Å². The SMILES string of the molecule is Cc1ccn[nH]c(C(=O)N[C@H]2CCc3c2ccc(C(=O)O)c3C)cc(C(=O)NCc2ccc(F)c(C)c2)n1. The second-order valence-corrected chi connectivity index (χ2v) is 9.20. The molecule has 3 aromatic rings. The van der Waals surface area contributed by atoms with Crippen LogP contribution in [0.4, 0.5) is 4.39 Å². The van der Waals surface area contributed by atoms with Gasteiger partial charge in [-0.1, -0.05) is 18.2 Å². The van der Waals surface area contributed by atoms with Crippen molar-refractivity contribution in [3.63, 3.8) is 0 Å². The maximum absolute atomic E-state index is 13.6. The van der Waals surface area contributed by atoms with Gasteiger partial charge in [0.2, 0.25) is 0 Å². The smallest absolute Gasteiger partial charge is 0.335 e. The van der Waals surface area contributed by atoms with E-state index in [-0.39, 0.29) is 35.4 Å². The fourth-order valence-corrected chi connectivity index (χ4v) is 4.50. The second kappa shape index (κ2) is 11.2. The largest absolute Gasteiger partial charge is 0.478 e. The summed E-state index contributed by atoms with van der Waals surface area (Å²) in [6.45, 7) is 5.27. The molecule has 0 fully saturated rings. The molecule has 4 rings (SSSR count). The highest BCUT2D eigenvalue weighted by Crippen LogP contribution is 2.34. The first-order valence-electron chi connectivity index (χ1n) is 12.1. The first kappa shape index (κ1) is 26.5. The summed E-state index contributed by atoms with van der Waals surface area (Å²) in [6, 6.07) is 10.5. The number of carbonyl (C=O) groups excluding carboxylic acids is 2. The van der Waals surface area contributed by atoms with Gasteiger partial charge < -0.3 is 15.7 Å². The van der Waals surface area contributed by atoms with E-state index >= 15 is 0 Å². The van der Waals surface area contributed by atoms with Crippen molar-refractivity contribution in [2.24, 2.45) is 0 Å². The number of halogens is 1. The molecule has 10 heteroatoms. The van der Waals surface area contributed by atoms with Gasteiger partial charge in [0.1, 0.15) is 17.2 Å². The van der Waals surface area contributed by atoms with Gasteiger partial charge in [-0.05, 0) is 79.6 Å². The summed E-state index contributed by atoms with van der Waals surface area (Å²) in [7, 11) is 0. The molecule has 0 spiro atoms. The van der Waals surface area contributed by atoms with E-state index in [1.165, 1.54) is 18.3 Å². The van der Waals surface area contributed by atoms with E-state index in [9.17, 15) is 23.9 Å². The molecule has 1 aliphatic rings. The lowest BCUT2D eigenvalue weighted by molar-refractivity contribution is 0.0695. The molecule has 0 saturated heterocycles. The maximum atomic E-state index is 13.6. The molecule has 0 unspecified atom stereocenters. The molecule has 1 aromatic heterocycles. The van der Waals surface area contributed by atoms with Crippen molar-refractivity contribution in [3.8, 4) is 0 Å². The third-order valence-electron chi connectivity index (χ3n) is 6.53. The average molecular weight is 518 g/mol. The Kier molecular flexibility index (Phi) is 7.80. The Morgan fingerprint density at radius 1 is 1.08 bits per heavy atom. The molecule has 196 valence electrons. The van der Waals surface area contributed by atoms with Gasteiger partial charge in [0.05, 0.1) is 11.6 Å². The highest BCUT2D eigenvalue weighted by Gasteiger charge is 2.28. The lowest BCUT2D eigenvalue weighted by atomic mass is 9.98. The summed E-state index contributed by atoms with van der Waals surface area (Å²) in [6.07, 6.45) is 2.68. The van der Waals surface area contributed by atoms with Crippen LogP contribution in [0.5, 0.6) is 0 Å². The molecule has 38 heavy (non-hydrogen) atoms. The average Bonchev–Trinajstić information content (AvgIpc) is 3.32. The molecule has 1 heterocycles. The number of benzene rings is 2. The number of carboxylic acid groups (broad SMARTS) is 1. The molecule has 2 amide bonds. The van der Waals surface area contributed by atoms with Crippen molar-refractivity contribution in [2.75, 3.05) is 0 Å². The first-order chi connectivity index (χ1) is 18.1. The third-order valence-corrected chi connectivity index (χ3v) is 6.53. The number of fused-ring (bicyclic) bond motifs is 1. The van der Waals surface area contributed by atoms with Gasteiger partial charge in [0.15, 0.2) is 0 Å². The molecule has 2 aromatic carbocycles. The van der Waals surface area contributed by atoms with E-state index in [0.29, 0.717) is 29.7 Å². The number of nitrogens with one attached hydrogen (secondary N) is 3. The van der Waals surface area contributed by atoms with Crippen LogP contribution in [0.15, 0.2) is 48.7 Å². The summed E-state index contributed by atoms with van der Waals surface area (Å²) in [5, 5.41) is 21.8. The van der Waals surface area contributed by atoms with Crippen LogP contribution in [-0.4, -0.2) is 38.1 Å². The highest BCUT2D eigenvalue weighted by molar-refractivity contribution is 5.97.